The summed E-state index contributed by atoms with van der Waals surface area (Å²) in [6.45, 7) is 0.0399. The predicted octanol–water partition coefficient (Wildman–Crippen LogP) is 5.09. The second kappa shape index (κ2) is 8.96. The minimum atomic E-state index is -0.412. The molecule has 162 valence electrons. The molecule has 0 saturated heterocycles. The van der Waals surface area contributed by atoms with E-state index in [1.165, 1.54) is 0 Å². The number of carbonyl (C=O) groups excluding carboxylic acids is 1. The number of ether oxygens (including phenoxy) is 2. The third kappa shape index (κ3) is 4.19. The lowest BCUT2D eigenvalue weighted by atomic mass is 10.1. The molecule has 2 heterocycles. The van der Waals surface area contributed by atoms with Crippen molar-refractivity contribution in [1.82, 2.24) is 9.55 Å². The van der Waals surface area contributed by atoms with Crippen molar-refractivity contribution >= 4 is 27.8 Å². The SMILES string of the molecule is O=C(Cn1c2ccccc2c(=O)c2ccccc21)OCc1ccccc1Oc1cccnc1. The van der Waals surface area contributed by atoms with E-state index in [1.807, 2.05) is 71.3 Å². The van der Waals surface area contributed by atoms with Crippen molar-refractivity contribution in [3.63, 3.8) is 0 Å². The first-order valence-corrected chi connectivity index (χ1v) is 10.5. The molecule has 6 heteroatoms. The van der Waals surface area contributed by atoms with Crippen LogP contribution in [0.15, 0.2) is 102 Å². The van der Waals surface area contributed by atoms with Gasteiger partial charge in [-0.1, -0.05) is 42.5 Å². The van der Waals surface area contributed by atoms with Gasteiger partial charge in [-0.2, -0.15) is 0 Å². The highest BCUT2D eigenvalue weighted by atomic mass is 16.5. The van der Waals surface area contributed by atoms with E-state index in [1.54, 1.807) is 30.6 Å². The van der Waals surface area contributed by atoms with Gasteiger partial charge in [0.1, 0.15) is 24.7 Å². The molecule has 0 N–H and O–H groups in total. The molecule has 0 bridgehead atoms. The first kappa shape index (κ1) is 20.5. The van der Waals surface area contributed by atoms with Crippen molar-refractivity contribution < 1.29 is 14.3 Å². The predicted molar refractivity (Wildman–Crippen MR) is 126 cm³/mol. The van der Waals surface area contributed by atoms with Crippen LogP contribution in [0.4, 0.5) is 0 Å². The Morgan fingerprint density at radius 2 is 1.48 bits per heavy atom. The summed E-state index contributed by atoms with van der Waals surface area (Å²) in [4.78, 5) is 29.8. The number of aromatic nitrogens is 2. The fourth-order valence-corrected chi connectivity index (χ4v) is 3.84. The van der Waals surface area contributed by atoms with E-state index < -0.39 is 5.97 Å². The molecule has 5 aromatic rings. The smallest absolute Gasteiger partial charge is 0.326 e. The Morgan fingerprint density at radius 1 is 0.818 bits per heavy atom. The zero-order valence-electron chi connectivity index (χ0n) is 17.7. The number of fused-ring (bicyclic) bond motifs is 2. The largest absolute Gasteiger partial charge is 0.459 e. The van der Waals surface area contributed by atoms with Gasteiger partial charge in [0, 0.05) is 22.5 Å². The molecule has 0 unspecified atom stereocenters. The maximum Gasteiger partial charge on any atom is 0.326 e. The van der Waals surface area contributed by atoms with E-state index >= 15 is 0 Å². The average Bonchev–Trinajstić information content (AvgIpc) is 2.87. The minimum absolute atomic E-state index is 0.0209. The number of nitrogens with zero attached hydrogens (tertiary/aromatic N) is 2. The Kier molecular flexibility index (Phi) is 5.55. The summed E-state index contributed by atoms with van der Waals surface area (Å²) in [6, 6.07) is 25.6. The first-order chi connectivity index (χ1) is 16.2. The molecule has 0 saturated carbocycles. The summed E-state index contributed by atoms with van der Waals surface area (Å²) >= 11 is 0. The topological polar surface area (TPSA) is 70.4 Å². The normalized spacial score (nSPS) is 10.9. The van der Waals surface area contributed by atoms with E-state index in [-0.39, 0.29) is 18.6 Å². The van der Waals surface area contributed by atoms with Gasteiger partial charge >= 0.3 is 5.97 Å². The second-order valence-corrected chi connectivity index (χ2v) is 7.51. The van der Waals surface area contributed by atoms with Gasteiger partial charge in [0.2, 0.25) is 0 Å². The van der Waals surface area contributed by atoms with Crippen LogP contribution in [0.3, 0.4) is 0 Å². The Labute approximate surface area is 189 Å². The van der Waals surface area contributed by atoms with Gasteiger partial charge in [-0.3, -0.25) is 14.6 Å². The van der Waals surface area contributed by atoms with Crippen LogP contribution in [0.1, 0.15) is 5.56 Å². The Morgan fingerprint density at radius 3 is 2.18 bits per heavy atom. The van der Waals surface area contributed by atoms with Crippen LogP contribution < -0.4 is 10.2 Å². The van der Waals surface area contributed by atoms with Crippen molar-refractivity contribution in [2.24, 2.45) is 0 Å². The number of hydrogen-bond acceptors (Lipinski definition) is 5. The Bertz CT molecular complexity index is 1450. The molecule has 3 aromatic carbocycles. The zero-order valence-corrected chi connectivity index (χ0v) is 17.7. The van der Waals surface area contributed by atoms with Crippen molar-refractivity contribution in [2.75, 3.05) is 0 Å². The van der Waals surface area contributed by atoms with Crippen molar-refractivity contribution in [2.45, 2.75) is 13.2 Å². The minimum Gasteiger partial charge on any atom is -0.459 e. The van der Waals surface area contributed by atoms with Gasteiger partial charge in [-0.05, 0) is 42.5 Å². The fraction of sp³-hybridized carbons (Fsp3) is 0.0741. The van der Waals surface area contributed by atoms with Gasteiger partial charge < -0.3 is 14.0 Å². The van der Waals surface area contributed by atoms with E-state index in [0.717, 1.165) is 5.56 Å². The molecule has 2 aromatic heterocycles. The highest BCUT2D eigenvalue weighted by Gasteiger charge is 2.14. The fourth-order valence-electron chi connectivity index (χ4n) is 3.84. The van der Waals surface area contributed by atoms with Gasteiger partial charge in [0.15, 0.2) is 5.43 Å². The van der Waals surface area contributed by atoms with Crippen LogP contribution in [0.5, 0.6) is 11.5 Å². The Hall–Kier alpha value is -4.45. The highest BCUT2D eigenvalue weighted by Crippen LogP contribution is 2.25. The van der Waals surface area contributed by atoms with E-state index in [2.05, 4.69) is 4.98 Å². The maximum atomic E-state index is 12.9. The lowest BCUT2D eigenvalue weighted by Gasteiger charge is -2.15. The molecular weight excluding hydrogens is 416 g/mol. The molecule has 0 amide bonds. The highest BCUT2D eigenvalue weighted by molar-refractivity contribution is 5.94. The summed E-state index contributed by atoms with van der Waals surface area (Å²) in [5.41, 5.74) is 2.08. The van der Waals surface area contributed by atoms with Crippen LogP contribution in [0, 0.1) is 0 Å². The molecule has 0 aliphatic carbocycles. The standard InChI is InChI=1S/C27H20N2O4/c30-26(32-18-19-8-1-6-14-25(19)33-20-9-7-15-28-16-20)17-29-23-12-4-2-10-21(23)27(31)22-11-3-5-13-24(22)29/h1-16H,17-18H2. The zero-order chi connectivity index (χ0) is 22.6. The van der Waals surface area contributed by atoms with Crippen LogP contribution in [0.2, 0.25) is 0 Å². The van der Waals surface area contributed by atoms with Crippen molar-refractivity contribution in [3.05, 3.63) is 113 Å². The molecule has 33 heavy (non-hydrogen) atoms. The molecule has 0 aliphatic heterocycles. The molecule has 5 rings (SSSR count). The number of carbonyl (C=O) groups is 1. The van der Waals surface area contributed by atoms with Gasteiger partial charge in [0.05, 0.1) is 17.2 Å². The quantitative estimate of drug-likeness (QED) is 0.274. The molecule has 0 aliphatic rings. The molecule has 0 fully saturated rings. The number of esters is 1. The van der Waals surface area contributed by atoms with Crippen molar-refractivity contribution in [3.8, 4) is 11.5 Å². The molecule has 0 radical (unpaired) electrons. The summed E-state index contributed by atoms with van der Waals surface area (Å²) < 4.78 is 13.3. The van der Waals surface area contributed by atoms with Crippen LogP contribution in [-0.2, 0) is 22.7 Å². The number of rotatable bonds is 6. The Balaban J connectivity index is 1.40. The summed E-state index contributed by atoms with van der Waals surface area (Å²) in [5.74, 6) is 0.783. The van der Waals surface area contributed by atoms with Crippen molar-refractivity contribution in [1.29, 1.82) is 0 Å². The number of pyridine rings is 2. The van der Waals surface area contributed by atoms with Crippen LogP contribution in [0.25, 0.3) is 21.8 Å². The van der Waals surface area contributed by atoms with E-state index in [4.69, 9.17) is 9.47 Å². The van der Waals surface area contributed by atoms with Gasteiger partial charge in [-0.15, -0.1) is 0 Å². The lowest BCUT2D eigenvalue weighted by Crippen LogP contribution is -2.18. The summed E-state index contributed by atoms with van der Waals surface area (Å²) in [6.07, 6.45) is 3.29. The summed E-state index contributed by atoms with van der Waals surface area (Å²) in [5, 5.41) is 1.14. The monoisotopic (exact) mass is 436 g/mol. The van der Waals surface area contributed by atoms with Crippen LogP contribution in [-0.4, -0.2) is 15.5 Å². The molecule has 0 spiro atoms. The van der Waals surface area contributed by atoms with Crippen LogP contribution >= 0.6 is 0 Å². The maximum absolute atomic E-state index is 12.9. The molecule has 0 atom stereocenters. The average molecular weight is 436 g/mol. The van der Waals surface area contributed by atoms with E-state index in [0.29, 0.717) is 33.3 Å². The number of benzene rings is 3. The molecular formula is C27H20N2O4. The second-order valence-electron chi connectivity index (χ2n) is 7.51. The summed E-state index contributed by atoms with van der Waals surface area (Å²) in [7, 11) is 0. The van der Waals surface area contributed by atoms with E-state index in [9.17, 15) is 9.59 Å². The first-order valence-electron chi connectivity index (χ1n) is 10.5. The van der Waals surface area contributed by atoms with Gasteiger partial charge in [-0.25, -0.2) is 0 Å². The number of para-hydroxylation sites is 3. The lowest BCUT2D eigenvalue weighted by molar-refractivity contribution is -0.145. The third-order valence-corrected chi connectivity index (χ3v) is 5.39. The number of hydrogen-bond donors (Lipinski definition) is 0. The third-order valence-electron chi connectivity index (χ3n) is 5.39. The molecule has 6 nitrogen and oxygen atoms in total. The van der Waals surface area contributed by atoms with Gasteiger partial charge in [0.25, 0.3) is 0 Å².